The van der Waals surface area contributed by atoms with Crippen LogP contribution >= 0.6 is 11.3 Å². The van der Waals surface area contributed by atoms with Gasteiger partial charge in [0.1, 0.15) is 10.0 Å². The maximum atomic E-state index is 4.28. The number of hydrogen-bond acceptors (Lipinski definition) is 4. The molecule has 3 nitrogen and oxygen atoms in total. The van der Waals surface area contributed by atoms with Gasteiger partial charge in [-0.2, -0.15) is 0 Å². The molecule has 0 amide bonds. The molecule has 0 fully saturated rings. The van der Waals surface area contributed by atoms with Crippen LogP contribution in [-0.4, -0.2) is 23.8 Å². The molecule has 1 aromatic heterocycles. The summed E-state index contributed by atoms with van der Waals surface area (Å²) in [5.41, 5.74) is 2.70. The third-order valence-electron chi connectivity index (χ3n) is 3.04. The van der Waals surface area contributed by atoms with E-state index in [-0.39, 0.29) is 0 Å². The minimum Gasteiger partial charge on any atom is -0.320 e. The number of aromatic nitrogens is 2. The van der Waals surface area contributed by atoms with Crippen molar-refractivity contribution >= 4 is 11.3 Å². The SMILES string of the molecule is CNCCCc1nnc(CCc2cccc(C)c2)s1. The van der Waals surface area contributed by atoms with E-state index in [2.05, 4.69) is 46.7 Å². The number of rotatable bonds is 7. The smallest absolute Gasteiger partial charge is 0.117 e. The third-order valence-corrected chi connectivity index (χ3v) is 4.08. The van der Waals surface area contributed by atoms with Crippen LogP contribution in [0.5, 0.6) is 0 Å². The second-order valence-electron chi connectivity index (χ2n) is 4.79. The highest BCUT2D eigenvalue weighted by Gasteiger charge is 2.04. The van der Waals surface area contributed by atoms with Crippen molar-refractivity contribution in [1.82, 2.24) is 15.5 Å². The van der Waals surface area contributed by atoms with Crippen LogP contribution in [0, 0.1) is 6.92 Å². The molecule has 2 rings (SSSR count). The third kappa shape index (κ3) is 4.73. The molecular formula is C15H21N3S. The van der Waals surface area contributed by atoms with Gasteiger partial charge in [0, 0.05) is 12.8 Å². The van der Waals surface area contributed by atoms with E-state index in [0.29, 0.717) is 0 Å². The highest BCUT2D eigenvalue weighted by Crippen LogP contribution is 2.14. The average Bonchev–Trinajstić information content (AvgIpc) is 2.85. The molecule has 0 aliphatic rings. The molecule has 0 saturated heterocycles. The maximum Gasteiger partial charge on any atom is 0.117 e. The predicted octanol–water partition coefficient (Wildman–Crippen LogP) is 2.78. The van der Waals surface area contributed by atoms with E-state index in [1.165, 1.54) is 11.1 Å². The van der Waals surface area contributed by atoms with Gasteiger partial charge >= 0.3 is 0 Å². The van der Waals surface area contributed by atoms with Gasteiger partial charge in [-0.05, 0) is 38.9 Å². The van der Waals surface area contributed by atoms with E-state index in [1.807, 2.05) is 7.05 Å². The average molecular weight is 275 g/mol. The predicted molar refractivity (Wildman–Crippen MR) is 80.7 cm³/mol. The van der Waals surface area contributed by atoms with E-state index in [0.717, 1.165) is 42.2 Å². The Kier molecular flexibility index (Phi) is 5.48. The fourth-order valence-electron chi connectivity index (χ4n) is 2.03. The van der Waals surface area contributed by atoms with Gasteiger partial charge in [-0.15, -0.1) is 21.5 Å². The molecule has 0 radical (unpaired) electrons. The van der Waals surface area contributed by atoms with E-state index in [1.54, 1.807) is 11.3 Å². The molecule has 0 bridgehead atoms. The van der Waals surface area contributed by atoms with Gasteiger partial charge in [-0.1, -0.05) is 29.8 Å². The Labute approximate surface area is 119 Å². The molecule has 0 spiro atoms. The van der Waals surface area contributed by atoms with Crippen molar-refractivity contribution in [3.8, 4) is 0 Å². The van der Waals surface area contributed by atoms with Gasteiger partial charge in [-0.25, -0.2) is 0 Å². The van der Waals surface area contributed by atoms with Crippen molar-refractivity contribution < 1.29 is 0 Å². The molecule has 0 aliphatic heterocycles. The van der Waals surface area contributed by atoms with Crippen molar-refractivity contribution in [1.29, 1.82) is 0 Å². The first-order valence-corrected chi connectivity index (χ1v) is 7.61. The Balaban J connectivity index is 1.83. The zero-order chi connectivity index (χ0) is 13.5. The second-order valence-corrected chi connectivity index (χ2v) is 5.93. The zero-order valence-electron chi connectivity index (χ0n) is 11.6. The molecule has 1 N–H and O–H groups in total. The topological polar surface area (TPSA) is 37.8 Å². The lowest BCUT2D eigenvalue weighted by molar-refractivity contribution is 0.717. The maximum absolute atomic E-state index is 4.28. The van der Waals surface area contributed by atoms with E-state index >= 15 is 0 Å². The number of benzene rings is 1. The lowest BCUT2D eigenvalue weighted by atomic mass is 10.1. The molecule has 102 valence electrons. The molecule has 0 atom stereocenters. The normalized spacial score (nSPS) is 10.8. The first-order valence-electron chi connectivity index (χ1n) is 6.79. The van der Waals surface area contributed by atoms with Gasteiger partial charge in [0.2, 0.25) is 0 Å². The Morgan fingerprint density at radius 3 is 2.63 bits per heavy atom. The number of aryl methyl sites for hydroxylation is 4. The molecule has 0 saturated carbocycles. The summed E-state index contributed by atoms with van der Waals surface area (Å²) in [4.78, 5) is 0. The Morgan fingerprint density at radius 1 is 1.11 bits per heavy atom. The zero-order valence-corrected chi connectivity index (χ0v) is 12.5. The Hall–Kier alpha value is -1.26. The summed E-state index contributed by atoms with van der Waals surface area (Å²) in [6, 6.07) is 8.68. The van der Waals surface area contributed by atoms with Crippen molar-refractivity contribution in [2.45, 2.75) is 32.6 Å². The van der Waals surface area contributed by atoms with E-state index in [9.17, 15) is 0 Å². The molecule has 0 unspecified atom stereocenters. The molecule has 19 heavy (non-hydrogen) atoms. The van der Waals surface area contributed by atoms with Crippen LogP contribution in [0.2, 0.25) is 0 Å². The summed E-state index contributed by atoms with van der Waals surface area (Å²) in [6.45, 7) is 3.17. The van der Waals surface area contributed by atoms with Gasteiger partial charge in [0.05, 0.1) is 0 Å². The number of nitrogens with zero attached hydrogens (tertiary/aromatic N) is 2. The number of hydrogen-bond donors (Lipinski definition) is 1. The fraction of sp³-hybridized carbons (Fsp3) is 0.467. The molecule has 0 aliphatic carbocycles. The minimum atomic E-state index is 0.993. The first-order chi connectivity index (χ1) is 9.28. The summed E-state index contributed by atoms with van der Waals surface area (Å²) < 4.78 is 0. The quantitative estimate of drug-likeness (QED) is 0.790. The van der Waals surface area contributed by atoms with E-state index in [4.69, 9.17) is 0 Å². The van der Waals surface area contributed by atoms with Crippen molar-refractivity contribution in [3.63, 3.8) is 0 Å². The molecule has 4 heteroatoms. The van der Waals surface area contributed by atoms with Crippen molar-refractivity contribution in [3.05, 3.63) is 45.4 Å². The number of nitrogens with one attached hydrogen (secondary N) is 1. The minimum absolute atomic E-state index is 0.993. The van der Waals surface area contributed by atoms with Gasteiger partial charge in [0.25, 0.3) is 0 Å². The largest absolute Gasteiger partial charge is 0.320 e. The molecule has 2 aromatic rings. The molecule has 1 aromatic carbocycles. The summed E-state index contributed by atoms with van der Waals surface area (Å²) >= 11 is 1.76. The van der Waals surface area contributed by atoms with Gasteiger partial charge < -0.3 is 5.32 Å². The van der Waals surface area contributed by atoms with E-state index < -0.39 is 0 Å². The lowest BCUT2D eigenvalue weighted by Crippen LogP contribution is -2.08. The fourth-order valence-corrected chi connectivity index (χ4v) is 2.91. The monoisotopic (exact) mass is 275 g/mol. The van der Waals surface area contributed by atoms with Crippen LogP contribution in [0.3, 0.4) is 0 Å². The van der Waals surface area contributed by atoms with Crippen molar-refractivity contribution in [2.24, 2.45) is 0 Å². The highest BCUT2D eigenvalue weighted by atomic mass is 32.1. The Morgan fingerprint density at radius 2 is 1.89 bits per heavy atom. The molecule has 1 heterocycles. The Bertz CT molecular complexity index is 508. The summed E-state index contributed by atoms with van der Waals surface area (Å²) in [5.74, 6) is 0. The van der Waals surface area contributed by atoms with Gasteiger partial charge in [-0.3, -0.25) is 0 Å². The van der Waals surface area contributed by atoms with Crippen LogP contribution in [-0.2, 0) is 19.3 Å². The summed E-state index contributed by atoms with van der Waals surface area (Å²) in [6.07, 6.45) is 4.20. The van der Waals surface area contributed by atoms with Crippen molar-refractivity contribution in [2.75, 3.05) is 13.6 Å². The van der Waals surface area contributed by atoms with Gasteiger partial charge in [0.15, 0.2) is 0 Å². The summed E-state index contributed by atoms with van der Waals surface area (Å²) in [5, 5.41) is 14.0. The molecular weight excluding hydrogens is 254 g/mol. The van der Waals surface area contributed by atoms with Crippen LogP contribution in [0.1, 0.15) is 27.6 Å². The standard InChI is InChI=1S/C15H21N3S/c1-12-5-3-6-13(11-12)8-9-15-18-17-14(19-15)7-4-10-16-2/h3,5-6,11,16H,4,7-10H2,1-2H3. The van der Waals surface area contributed by atoms with Crippen LogP contribution in [0.15, 0.2) is 24.3 Å². The highest BCUT2D eigenvalue weighted by molar-refractivity contribution is 7.11. The summed E-state index contributed by atoms with van der Waals surface area (Å²) in [7, 11) is 1.98. The van der Waals surface area contributed by atoms with Crippen LogP contribution in [0.4, 0.5) is 0 Å². The van der Waals surface area contributed by atoms with Crippen LogP contribution in [0.25, 0.3) is 0 Å². The van der Waals surface area contributed by atoms with Crippen LogP contribution < -0.4 is 5.32 Å². The first kappa shape index (κ1) is 14.2. The lowest BCUT2D eigenvalue weighted by Gasteiger charge is -2.00. The second kappa shape index (κ2) is 7.36.